The number of hydrogen-bond acceptors (Lipinski definition) is 7. The first-order valence-electron chi connectivity index (χ1n) is 8.58. The van der Waals surface area contributed by atoms with Gasteiger partial charge in [-0.1, -0.05) is 23.2 Å². The fourth-order valence-electron chi connectivity index (χ4n) is 3.15. The summed E-state index contributed by atoms with van der Waals surface area (Å²) in [6.45, 7) is 0.624. The molecule has 0 bridgehead atoms. The Morgan fingerprint density at radius 2 is 1.77 bits per heavy atom. The molecule has 0 spiro atoms. The summed E-state index contributed by atoms with van der Waals surface area (Å²) in [6.07, 6.45) is 0. The van der Waals surface area contributed by atoms with Crippen molar-refractivity contribution in [1.82, 2.24) is 9.79 Å². The molecule has 1 fully saturated rings. The summed E-state index contributed by atoms with van der Waals surface area (Å²) in [6, 6.07) is 7.81. The molecule has 2 aromatic rings. The molecule has 10 nitrogen and oxygen atoms in total. The molecule has 1 aliphatic rings. The summed E-state index contributed by atoms with van der Waals surface area (Å²) in [5.74, 6) is -0.906. The number of hydrogen-bond donors (Lipinski definition) is 2. The number of anilines is 1. The van der Waals surface area contributed by atoms with Crippen LogP contribution in [-0.2, 0) is 10.0 Å². The highest BCUT2D eigenvalue weighted by Gasteiger charge is 2.31. The maximum Gasteiger partial charge on any atom is 0.276 e. The van der Waals surface area contributed by atoms with Gasteiger partial charge < -0.3 is 4.90 Å². The van der Waals surface area contributed by atoms with E-state index in [1.807, 2.05) is 0 Å². The highest BCUT2D eigenvalue weighted by molar-refractivity contribution is 7.89. The zero-order chi connectivity index (χ0) is 22.1. The highest BCUT2D eigenvalue weighted by Crippen LogP contribution is 2.30. The molecule has 1 aliphatic heterocycles. The zero-order valence-electron chi connectivity index (χ0n) is 15.3. The van der Waals surface area contributed by atoms with Crippen molar-refractivity contribution in [3.8, 4) is 0 Å². The van der Waals surface area contributed by atoms with E-state index in [9.17, 15) is 23.3 Å². The summed E-state index contributed by atoms with van der Waals surface area (Å²) in [7, 11) is -3.86. The number of nitrogens with zero attached hydrogens (tertiary/aromatic N) is 3. The van der Waals surface area contributed by atoms with Crippen molar-refractivity contribution in [3.05, 3.63) is 62.1 Å². The number of nitro benzene ring substituents is 1. The van der Waals surface area contributed by atoms with E-state index in [0.717, 1.165) is 6.07 Å². The number of sulfonamides is 1. The first-order chi connectivity index (χ1) is 14.1. The van der Waals surface area contributed by atoms with Crippen LogP contribution in [0.25, 0.3) is 0 Å². The van der Waals surface area contributed by atoms with E-state index in [4.69, 9.17) is 28.4 Å². The molecule has 1 amide bonds. The van der Waals surface area contributed by atoms with Crippen molar-refractivity contribution in [2.45, 2.75) is 4.90 Å². The predicted molar refractivity (Wildman–Crippen MR) is 110 cm³/mol. The quantitative estimate of drug-likeness (QED) is 0.386. The number of benzene rings is 2. The highest BCUT2D eigenvalue weighted by atomic mass is 35.5. The summed E-state index contributed by atoms with van der Waals surface area (Å²) in [5, 5.41) is 20.3. The van der Waals surface area contributed by atoms with Gasteiger partial charge in [0.15, 0.2) is 0 Å². The zero-order valence-corrected chi connectivity index (χ0v) is 17.6. The number of halogens is 2. The Bertz CT molecular complexity index is 1100. The summed E-state index contributed by atoms with van der Waals surface area (Å²) >= 11 is 11.9. The van der Waals surface area contributed by atoms with Gasteiger partial charge in [0.1, 0.15) is 4.90 Å². The molecule has 2 aromatic carbocycles. The average Bonchev–Trinajstić information content (AvgIpc) is 2.72. The average molecular weight is 475 g/mol. The van der Waals surface area contributed by atoms with Crippen LogP contribution in [0.5, 0.6) is 0 Å². The Hall–Kier alpha value is -2.44. The normalized spacial score (nSPS) is 15.1. The third-order valence-corrected chi connectivity index (χ3v) is 7.24. The fraction of sp³-hybridized carbons (Fsp3) is 0.235. The standard InChI is InChI=1S/C17H16Cl2N4O6S/c18-11-1-4-16(14(19)9-11)30(28,29)22-7-5-21(6-8-22)15-3-2-12(23(26)27)10-13(15)17(24)20-25/h1-4,9-10,25H,5-8H2,(H,20,24). The summed E-state index contributed by atoms with van der Waals surface area (Å²) in [4.78, 5) is 24.0. The van der Waals surface area contributed by atoms with E-state index < -0.39 is 20.9 Å². The van der Waals surface area contributed by atoms with Gasteiger partial charge in [0.25, 0.3) is 11.6 Å². The van der Waals surface area contributed by atoms with Crippen LogP contribution >= 0.6 is 23.2 Å². The number of nitrogens with one attached hydrogen (secondary N) is 1. The molecule has 0 aliphatic carbocycles. The van der Waals surface area contributed by atoms with Gasteiger partial charge in [0.2, 0.25) is 10.0 Å². The Morgan fingerprint density at radius 3 is 2.33 bits per heavy atom. The second-order valence-corrected chi connectivity index (χ2v) is 9.12. The van der Waals surface area contributed by atoms with Gasteiger partial charge in [-0.3, -0.25) is 20.1 Å². The Kier molecular flexibility index (Phi) is 6.48. The Morgan fingerprint density at radius 1 is 1.10 bits per heavy atom. The molecule has 1 heterocycles. The number of rotatable bonds is 5. The molecule has 0 atom stereocenters. The second-order valence-electron chi connectivity index (χ2n) is 6.37. The van der Waals surface area contributed by atoms with Gasteiger partial charge in [0, 0.05) is 43.3 Å². The second kappa shape index (κ2) is 8.74. The fourth-order valence-corrected chi connectivity index (χ4v) is 5.32. The molecule has 30 heavy (non-hydrogen) atoms. The van der Waals surface area contributed by atoms with Crippen LogP contribution in [0, 0.1) is 10.1 Å². The third kappa shape index (κ3) is 4.35. The lowest BCUT2D eigenvalue weighted by atomic mass is 10.1. The smallest absolute Gasteiger partial charge is 0.276 e. The van der Waals surface area contributed by atoms with Crippen LogP contribution in [0.4, 0.5) is 11.4 Å². The van der Waals surface area contributed by atoms with Crippen molar-refractivity contribution in [2.24, 2.45) is 0 Å². The van der Waals surface area contributed by atoms with Gasteiger partial charge in [-0.05, 0) is 24.3 Å². The van der Waals surface area contributed by atoms with Crippen molar-refractivity contribution < 1.29 is 23.3 Å². The third-order valence-electron chi connectivity index (χ3n) is 4.63. The number of non-ortho nitro benzene ring substituents is 1. The molecule has 0 radical (unpaired) electrons. The molecular weight excluding hydrogens is 459 g/mol. The molecule has 2 N–H and O–H groups in total. The molecule has 160 valence electrons. The number of nitro groups is 1. The lowest BCUT2D eigenvalue weighted by molar-refractivity contribution is -0.384. The molecule has 1 saturated heterocycles. The lowest BCUT2D eigenvalue weighted by Crippen LogP contribution is -2.49. The van der Waals surface area contributed by atoms with Gasteiger partial charge in [-0.2, -0.15) is 4.31 Å². The van der Waals surface area contributed by atoms with Crippen LogP contribution in [0.15, 0.2) is 41.3 Å². The first-order valence-corrected chi connectivity index (χ1v) is 10.8. The van der Waals surface area contributed by atoms with Crippen LogP contribution in [0.1, 0.15) is 10.4 Å². The topological polar surface area (TPSA) is 133 Å². The number of carbonyl (C=O) groups excluding carboxylic acids is 1. The van der Waals surface area contributed by atoms with E-state index in [1.54, 1.807) is 4.90 Å². The van der Waals surface area contributed by atoms with Crippen LogP contribution in [-0.4, -0.2) is 54.9 Å². The van der Waals surface area contributed by atoms with Crippen molar-refractivity contribution in [3.63, 3.8) is 0 Å². The predicted octanol–water partition coefficient (Wildman–Crippen LogP) is 2.53. The SMILES string of the molecule is O=C(NO)c1cc([N+](=O)[O-])ccc1N1CCN(S(=O)(=O)c2ccc(Cl)cc2Cl)CC1. The molecule has 0 aromatic heterocycles. The van der Waals surface area contributed by atoms with Gasteiger partial charge in [-0.25, -0.2) is 13.9 Å². The van der Waals surface area contributed by atoms with Gasteiger partial charge in [0.05, 0.1) is 21.2 Å². The largest absolute Gasteiger partial charge is 0.368 e. The maximum absolute atomic E-state index is 12.9. The Labute approximate surface area is 181 Å². The minimum Gasteiger partial charge on any atom is -0.368 e. The van der Waals surface area contributed by atoms with E-state index >= 15 is 0 Å². The lowest BCUT2D eigenvalue weighted by Gasteiger charge is -2.36. The minimum absolute atomic E-state index is 0.0159. The van der Waals surface area contributed by atoms with Crippen LogP contribution in [0.3, 0.4) is 0 Å². The van der Waals surface area contributed by atoms with E-state index in [-0.39, 0.29) is 47.3 Å². The molecule has 3 rings (SSSR count). The van der Waals surface area contributed by atoms with Gasteiger partial charge >= 0.3 is 0 Å². The van der Waals surface area contributed by atoms with E-state index in [1.165, 1.54) is 40.1 Å². The van der Waals surface area contributed by atoms with Crippen molar-refractivity contribution >= 4 is 50.5 Å². The summed E-state index contributed by atoms with van der Waals surface area (Å²) in [5.41, 5.74) is 1.41. The maximum atomic E-state index is 12.9. The summed E-state index contributed by atoms with van der Waals surface area (Å²) < 4.78 is 27.1. The minimum atomic E-state index is -3.86. The van der Waals surface area contributed by atoms with Crippen LogP contribution < -0.4 is 10.4 Å². The monoisotopic (exact) mass is 474 g/mol. The molecule has 13 heteroatoms. The van der Waals surface area contributed by atoms with Crippen molar-refractivity contribution in [2.75, 3.05) is 31.1 Å². The van der Waals surface area contributed by atoms with Gasteiger partial charge in [-0.15, -0.1) is 0 Å². The first kappa shape index (κ1) is 22.2. The van der Waals surface area contributed by atoms with E-state index in [2.05, 4.69) is 0 Å². The molecular formula is C17H16Cl2N4O6S. The molecule has 0 saturated carbocycles. The van der Waals surface area contributed by atoms with Crippen LogP contribution in [0.2, 0.25) is 10.0 Å². The number of piperazine rings is 1. The number of amides is 1. The molecule has 0 unspecified atom stereocenters. The Balaban J connectivity index is 1.83. The number of hydroxylamine groups is 1. The van der Waals surface area contributed by atoms with E-state index in [0.29, 0.717) is 10.7 Å². The van der Waals surface area contributed by atoms with Crippen molar-refractivity contribution in [1.29, 1.82) is 0 Å². The number of carbonyl (C=O) groups is 1.